The number of furan rings is 1. The number of carbonyl (C=O) groups is 1. The van der Waals surface area contributed by atoms with E-state index in [-0.39, 0.29) is 12.3 Å². The molecule has 1 aromatic carbocycles. The average Bonchev–Trinajstić information content (AvgIpc) is 3.29. The number of nitrogens with one attached hydrogen (secondary N) is 1. The van der Waals surface area contributed by atoms with Gasteiger partial charge in [-0.15, -0.1) is 0 Å². The minimum Gasteiger partial charge on any atom is -0.497 e. The average molecular weight is 327 g/mol. The number of aromatic nitrogens is 2. The van der Waals surface area contributed by atoms with Crippen LogP contribution in [0.1, 0.15) is 17.9 Å². The second-order valence-corrected chi connectivity index (χ2v) is 5.12. The van der Waals surface area contributed by atoms with E-state index >= 15 is 0 Å². The summed E-state index contributed by atoms with van der Waals surface area (Å²) < 4.78 is 15.5. The van der Waals surface area contributed by atoms with E-state index in [1.165, 1.54) is 6.26 Å². The summed E-state index contributed by atoms with van der Waals surface area (Å²) in [4.78, 5) is 16.1. The Labute approximate surface area is 138 Å². The molecule has 2 aromatic heterocycles. The predicted octanol–water partition coefficient (Wildman–Crippen LogP) is 2.59. The summed E-state index contributed by atoms with van der Waals surface area (Å²) in [5, 5.41) is 6.68. The van der Waals surface area contributed by atoms with Gasteiger partial charge in [0.25, 0.3) is 0 Å². The summed E-state index contributed by atoms with van der Waals surface area (Å²) in [5.41, 5.74) is 0.973. The first-order valence-electron chi connectivity index (χ1n) is 7.50. The molecule has 24 heavy (non-hydrogen) atoms. The third-order valence-electron chi connectivity index (χ3n) is 3.40. The van der Waals surface area contributed by atoms with Gasteiger partial charge in [-0.3, -0.25) is 4.79 Å². The van der Waals surface area contributed by atoms with Gasteiger partial charge in [0.15, 0.2) is 5.76 Å². The fourth-order valence-corrected chi connectivity index (χ4v) is 2.15. The summed E-state index contributed by atoms with van der Waals surface area (Å²) in [5.74, 6) is 1.99. The van der Waals surface area contributed by atoms with E-state index in [1.807, 2.05) is 24.3 Å². The monoisotopic (exact) mass is 327 g/mol. The van der Waals surface area contributed by atoms with Crippen molar-refractivity contribution >= 4 is 5.91 Å². The molecule has 0 saturated carbocycles. The molecule has 1 amide bonds. The quantitative estimate of drug-likeness (QED) is 0.717. The molecule has 124 valence electrons. The number of rotatable bonds is 7. The van der Waals surface area contributed by atoms with E-state index < -0.39 is 0 Å². The number of aryl methyl sites for hydroxylation is 1. The Morgan fingerprint density at radius 1 is 1.29 bits per heavy atom. The second kappa shape index (κ2) is 7.45. The molecule has 0 atom stereocenters. The Bertz CT molecular complexity index is 796. The van der Waals surface area contributed by atoms with Gasteiger partial charge in [0.1, 0.15) is 5.75 Å². The first-order valence-corrected chi connectivity index (χ1v) is 7.50. The van der Waals surface area contributed by atoms with E-state index in [1.54, 1.807) is 19.2 Å². The Morgan fingerprint density at radius 3 is 3.00 bits per heavy atom. The van der Waals surface area contributed by atoms with Crippen LogP contribution < -0.4 is 10.1 Å². The number of amides is 1. The Kier molecular flexibility index (Phi) is 4.90. The van der Waals surface area contributed by atoms with Gasteiger partial charge >= 0.3 is 0 Å². The summed E-state index contributed by atoms with van der Waals surface area (Å²) in [6.45, 7) is 0.442. The van der Waals surface area contributed by atoms with E-state index in [0.29, 0.717) is 30.4 Å². The molecule has 0 radical (unpaired) electrons. The molecule has 3 aromatic rings. The van der Waals surface area contributed by atoms with Crippen LogP contribution in [-0.2, 0) is 17.8 Å². The Hall–Kier alpha value is -3.09. The van der Waals surface area contributed by atoms with Crippen LogP contribution in [0.4, 0.5) is 0 Å². The maximum absolute atomic E-state index is 11.9. The van der Waals surface area contributed by atoms with E-state index in [2.05, 4.69) is 15.5 Å². The predicted molar refractivity (Wildman–Crippen MR) is 85.2 cm³/mol. The lowest BCUT2D eigenvalue weighted by Gasteiger charge is -2.06. The SMILES string of the molecule is COc1cccc(CNC(=O)CCc2nc(-c3ccco3)no2)c1. The van der Waals surface area contributed by atoms with Crippen molar-refractivity contribution in [1.82, 2.24) is 15.5 Å². The van der Waals surface area contributed by atoms with Crippen LogP contribution in [-0.4, -0.2) is 23.2 Å². The molecule has 0 aliphatic rings. The van der Waals surface area contributed by atoms with Gasteiger partial charge < -0.3 is 19.0 Å². The van der Waals surface area contributed by atoms with Crippen molar-refractivity contribution in [2.45, 2.75) is 19.4 Å². The highest BCUT2D eigenvalue weighted by Crippen LogP contribution is 2.16. The van der Waals surface area contributed by atoms with Crippen LogP contribution in [0.5, 0.6) is 5.75 Å². The number of ether oxygens (including phenoxy) is 1. The molecule has 0 spiro atoms. The lowest BCUT2D eigenvalue weighted by atomic mass is 10.2. The van der Waals surface area contributed by atoms with Crippen LogP contribution in [0.3, 0.4) is 0 Å². The first-order chi connectivity index (χ1) is 11.7. The van der Waals surface area contributed by atoms with Crippen LogP contribution in [0.2, 0.25) is 0 Å². The van der Waals surface area contributed by atoms with Crippen molar-refractivity contribution in [2.75, 3.05) is 7.11 Å². The maximum atomic E-state index is 11.9. The summed E-state index contributed by atoms with van der Waals surface area (Å²) in [7, 11) is 1.61. The van der Waals surface area contributed by atoms with E-state index in [9.17, 15) is 4.79 Å². The molecule has 1 N–H and O–H groups in total. The molecule has 7 nitrogen and oxygen atoms in total. The zero-order valence-corrected chi connectivity index (χ0v) is 13.2. The third-order valence-corrected chi connectivity index (χ3v) is 3.40. The topological polar surface area (TPSA) is 90.4 Å². The molecule has 0 aliphatic heterocycles. The Balaban J connectivity index is 1.47. The van der Waals surface area contributed by atoms with Crippen molar-refractivity contribution in [1.29, 1.82) is 0 Å². The van der Waals surface area contributed by atoms with Gasteiger partial charge in [-0.1, -0.05) is 17.3 Å². The largest absolute Gasteiger partial charge is 0.497 e. The summed E-state index contributed by atoms with van der Waals surface area (Å²) in [6.07, 6.45) is 2.18. The van der Waals surface area contributed by atoms with Crippen molar-refractivity contribution in [2.24, 2.45) is 0 Å². The fourth-order valence-electron chi connectivity index (χ4n) is 2.15. The van der Waals surface area contributed by atoms with Crippen LogP contribution >= 0.6 is 0 Å². The molecule has 3 rings (SSSR count). The zero-order valence-electron chi connectivity index (χ0n) is 13.2. The highest BCUT2D eigenvalue weighted by Gasteiger charge is 2.12. The number of methoxy groups -OCH3 is 1. The van der Waals surface area contributed by atoms with Gasteiger partial charge in [-0.2, -0.15) is 4.98 Å². The fraction of sp³-hybridized carbons (Fsp3) is 0.235. The first kappa shape index (κ1) is 15.8. The lowest BCUT2D eigenvalue weighted by Crippen LogP contribution is -2.23. The molecular weight excluding hydrogens is 310 g/mol. The van der Waals surface area contributed by atoms with Crippen molar-refractivity contribution in [3.8, 4) is 17.3 Å². The molecule has 0 unspecified atom stereocenters. The van der Waals surface area contributed by atoms with Gasteiger partial charge in [-0.25, -0.2) is 0 Å². The van der Waals surface area contributed by atoms with E-state index in [4.69, 9.17) is 13.7 Å². The van der Waals surface area contributed by atoms with Gasteiger partial charge in [0.05, 0.1) is 13.4 Å². The van der Waals surface area contributed by atoms with Gasteiger partial charge in [0.2, 0.25) is 17.6 Å². The highest BCUT2D eigenvalue weighted by molar-refractivity contribution is 5.76. The summed E-state index contributed by atoms with van der Waals surface area (Å²) in [6, 6.07) is 11.0. The van der Waals surface area contributed by atoms with Crippen molar-refractivity contribution < 1.29 is 18.5 Å². The van der Waals surface area contributed by atoms with Crippen LogP contribution in [0.25, 0.3) is 11.6 Å². The highest BCUT2D eigenvalue weighted by atomic mass is 16.5. The molecule has 0 bridgehead atoms. The molecule has 2 heterocycles. The van der Waals surface area contributed by atoms with Crippen molar-refractivity contribution in [3.05, 3.63) is 54.1 Å². The number of nitrogens with zero attached hydrogens (tertiary/aromatic N) is 2. The smallest absolute Gasteiger partial charge is 0.238 e. The van der Waals surface area contributed by atoms with Crippen LogP contribution in [0, 0.1) is 0 Å². The summed E-state index contributed by atoms with van der Waals surface area (Å²) >= 11 is 0. The van der Waals surface area contributed by atoms with Crippen molar-refractivity contribution in [3.63, 3.8) is 0 Å². The maximum Gasteiger partial charge on any atom is 0.238 e. The molecule has 7 heteroatoms. The second-order valence-electron chi connectivity index (χ2n) is 5.12. The Morgan fingerprint density at radius 2 is 2.21 bits per heavy atom. The van der Waals surface area contributed by atoms with Crippen LogP contribution in [0.15, 0.2) is 51.6 Å². The molecule has 0 saturated heterocycles. The lowest BCUT2D eigenvalue weighted by molar-refractivity contribution is -0.121. The molecule has 0 aliphatic carbocycles. The number of hydrogen-bond donors (Lipinski definition) is 1. The zero-order chi connectivity index (χ0) is 16.8. The normalized spacial score (nSPS) is 10.5. The van der Waals surface area contributed by atoms with E-state index in [0.717, 1.165) is 11.3 Å². The minimum absolute atomic E-state index is 0.0874. The number of carbonyl (C=O) groups excluding carboxylic acids is 1. The molecular formula is C17H17N3O4. The third kappa shape index (κ3) is 4.01. The standard InChI is InChI=1S/C17H17N3O4/c1-22-13-5-2-4-12(10-13)11-18-15(21)7-8-16-19-17(20-24-16)14-6-3-9-23-14/h2-6,9-10H,7-8,11H2,1H3,(H,18,21). The number of hydrogen-bond acceptors (Lipinski definition) is 6. The minimum atomic E-state index is -0.0874. The van der Waals surface area contributed by atoms with Gasteiger partial charge in [-0.05, 0) is 29.8 Å². The molecule has 0 fully saturated rings. The number of benzene rings is 1. The van der Waals surface area contributed by atoms with Gasteiger partial charge in [0, 0.05) is 19.4 Å².